The summed E-state index contributed by atoms with van der Waals surface area (Å²) in [5.41, 5.74) is -0.875. The number of amides is 1. The molecule has 1 aromatic carbocycles. The van der Waals surface area contributed by atoms with Gasteiger partial charge in [-0.25, -0.2) is 0 Å². The highest BCUT2D eigenvalue weighted by molar-refractivity contribution is 6.32. The first-order valence-electron chi connectivity index (χ1n) is 6.66. The molecule has 1 amide bonds. The van der Waals surface area contributed by atoms with Crippen LogP contribution >= 0.6 is 11.6 Å². The van der Waals surface area contributed by atoms with Gasteiger partial charge in [-0.05, 0) is 39.3 Å². The van der Waals surface area contributed by atoms with Crippen LogP contribution in [0, 0.1) is 5.41 Å². The zero-order valence-electron chi connectivity index (χ0n) is 12.4. The van der Waals surface area contributed by atoms with E-state index < -0.39 is 17.5 Å². The second-order valence-corrected chi connectivity index (χ2v) is 5.83. The van der Waals surface area contributed by atoms with Gasteiger partial charge in [0.05, 0.1) is 10.4 Å². The molecule has 0 aliphatic heterocycles. The predicted molar refractivity (Wildman–Crippen MR) is 80.6 cm³/mol. The average molecular weight is 314 g/mol. The molecule has 1 aromatic rings. The molecular formula is C15H20ClNO4. The van der Waals surface area contributed by atoms with Crippen molar-refractivity contribution in [1.82, 2.24) is 5.32 Å². The van der Waals surface area contributed by atoms with Crippen LogP contribution in [0.15, 0.2) is 24.3 Å². The smallest absolute Gasteiger partial charge is 0.309 e. The van der Waals surface area contributed by atoms with Gasteiger partial charge in [0.15, 0.2) is 6.10 Å². The van der Waals surface area contributed by atoms with Gasteiger partial charge in [-0.1, -0.05) is 23.7 Å². The summed E-state index contributed by atoms with van der Waals surface area (Å²) in [6.07, 6.45) is -0.370. The van der Waals surface area contributed by atoms with Gasteiger partial charge in [0.2, 0.25) is 0 Å². The molecule has 1 rings (SSSR count). The number of carboxylic acid groups (broad SMARTS) is 1. The molecule has 0 saturated carbocycles. The number of carbonyl (C=O) groups is 2. The van der Waals surface area contributed by atoms with Gasteiger partial charge in [0.25, 0.3) is 5.91 Å². The lowest BCUT2D eigenvalue weighted by atomic mass is 9.90. The molecule has 0 radical (unpaired) electrons. The van der Waals surface area contributed by atoms with Gasteiger partial charge < -0.3 is 15.2 Å². The average Bonchev–Trinajstić information content (AvgIpc) is 2.40. The molecule has 116 valence electrons. The third-order valence-corrected chi connectivity index (χ3v) is 3.45. The molecule has 0 saturated heterocycles. The van der Waals surface area contributed by atoms with Crippen LogP contribution in [0.3, 0.4) is 0 Å². The SMILES string of the molecule is CC(Oc1ccccc1Cl)C(=O)NCCC(C)(C)C(=O)O. The largest absolute Gasteiger partial charge is 0.481 e. The number of carbonyl (C=O) groups excluding carboxylic acids is 1. The Hall–Kier alpha value is -1.75. The van der Waals surface area contributed by atoms with Crippen LogP contribution in [0.25, 0.3) is 0 Å². The molecule has 21 heavy (non-hydrogen) atoms. The minimum atomic E-state index is -0.892. The van der Waals surface area contributed by atoms with Gasteiger partial charge in [-0.15, -0.1) is 0 Å². The van der Waals surface area contributed by atoms with E-state index in [2.05, 4.69) is 5.32 Å². The monoisotopic (exact) mass is 313 g/mol. The van der Waals surface area contributed by atoms with Crippen LogP contribution in [0.4, 0.5) is 0 Å². The zero-order chi connectivity index (χ0) is 16.0. The molecule has 0 fully saturated rings. The first-order chi connectivity index (χ1) is 9.74. The Morgan fingerprint density at radius 3 is 2.57 bits per heavy atom. The summed E-state index contributed by atoms with van der Waals surface area (Å²) in [7, 11) is 0. The fourth-order valence-electron chi connectivity index (χ4n) is 1.53. The molecule has 0 heterocycles. The highest BCUT2D eigenvalue weighted by Crippen LogP contribution is 2.24. The second-order valence-electron chi connectivity index (χ2n) is 5.42. The third kappa shape index (κ3) is 5.27. The number of hydrogen-bond donors (Lipinski definition) is 2. The number of hydrogen-bond acceptors (Lipinski definition) is 3. The van der Waals surface area contributed by atoms with Crippen molar-refractivity contribution in [3.63, 3.8) is 0 Å². The van der Waals surface area contributed by atoms with Crippen LogP contribution < -0.4 is 10.1 Å². The van der Waals surface area contributed by atoms with Crippen molar-refractivity contribution < 1.29 is 19.4 Å². The highest BCUT2D eigenvalue weighted by atomic mass is 35.5. The second kappa shape index (κ2) is 7.31. The van der Waals surface area contributed by atoms with Crippen LogP contribution in [-0.2, 0) is 9.59 Å². The van der Waals surface area contributed by atoms with E-state index in [0.717, 1.165) is 0 Å². The van der Waals surface area contributed by atoms with Crippen molar-refractivity contribution in [2.45, 2.75) is 33.3 Å². The number of benzene rings is 1. The lowest BCUT2D eigenvalue weighted by Crippen LogP contribution is -2.39. The van der Waals surface area contributed by atoms with Crippen molar-refractivity contribution in [3.8, 4) is 5.75 Å². The molecule has 0 spiro atoms. The fourth-order valence-corrected chi connectivity index (χ4v) is 1.71. The van der Waals surface area contributed by atoms with E-state index in [-0.39, 0.29) is 12.5 Å². The van der Waals surface area contributed by atoms with E-state index in [1.165, 1.54) is 0 Å². The van der Waals surface area contributed by atoms with Crippen LogP contribution in [-0.4, -0.2) is 29.6 Å². The number of ether oxygens (including phenoxy) is 1. The van der Waals surface area contributed by atoms with E-state index in [1.807, 2.05) is 0 Å². The van der Waals surface area contributed by atoms with Crippen LogP contribution in [0.1, 0.15) is 27.2 Å². The van der Waals surface area contributed by atoms with Crippen LogP contribution in [0.2, 0.25) is 5.02 Å². The molecule has 2 N–H and O–H groups in total. The van der Waals surface area contributed by atoms with Crippen molar-refractivity contribution in [3.05, 3.63) is 29.3 Å². The van der Waals surface area contributed by atoms with Gasteiger partial charge in [-0.3, -0.25) is 9.59 Å². The number of carboxylic acids is 1. The summed E-state index contributed by atoms with van der Waals surface area (Å²) in [4.78, 5) is 22.8. The topological polar surface area (TPSA) is 75.6 Å². The van der Waals surface area contributed by atoms with Crippen LogP contribution in [0.5, 0.6) is 5.75 Å². The molecule has 0 bridgehead atoms. The van der Waals surface area contributed by atoms with E-state index in [9.17, 15) is 9.59 Å². The lowest BCUT2D eigenvalue weighted by Gasteiger charge is -2.20. The quantitative estimate of drug-likeness (QED) is 0.811. The van der Waals surface area contributed by atoms with E-state index >= 15 is 0 Å². The minimum Gasteiger partial charge on any atom is -0.481 e. The first-order valence-corrected chi connectivity index (χ1v) is 7.04. The van der Waals surface area contributed by atoms with Gasteiger partial charge in [0, 0.05) is 6.54 Å². The van der Waals surface area contributed by atoms with E-state index in [1.54, 1.807) is 45.0 Å². The normalized spacial score (nSPS) is 12.6. The number of rotatable bonds is 7. The number of nitrogens with one attached hydrogen (secondary N) is 1. The molecule has 1 unspecified atom stereocenters. The Labute approximate surface area is 129 Å². The van der Waals surface area contributed by atoms with Crippen molar-refractivity contribution >= 4 is 23.5 Å². The molecule has 0 aromatic heterocycles. The maximum atomic E-state index is 11.9. The fraction of sp³-hybridized carbons (Fsp3) is 0.467. The molecular weight excluding hydrogens is 294 g/mol. The number of aliphatic carboxylic acids is 1. The van der Waals surface area contributed by atoms with Gasteiger partial charge in [-0.2, -0.15) is 0 Å². The van der Waals surface area contributed by atoms with Gasteiger partial charge >= 0.3 is 5.97 Å². The predicted octanol–water partition coefficient (Wildman–Crippen LogP) is 2.72. The number of halogens is 1. The van der Waals surface area contributed by atoms with E-state index in [0.29, 0.717) is 17.2 Å². The zero-order valence-corrected chi connectivity index (χ0v) is 13.1. The Morgan fingerprint density at radius 2 is 2.00 bits per heavy atom. The Kier molecular flexibility index (Phi) is 6.03. The lowest BCUT2D eigenvalue weighted by molar-refractivity contribution is -0.147. The first kappa shape index (κ1) is 17.3. The van der Waals surface area contributed by atoms with Crippen molar-refractivity contribution in [2.75, 3.05) is 6.54 Å². The summed E-state index contributed by atoms with van der Waals surface area (Å²) < 4.78 is 5.48. The maximum absolute atomic E-state index is 11.9. The van der Waals surface area contributed by atoms with Crippen molar-refractivity contribution in [2.24, 2.45) is 5.41 Å². The molecule has 0 aliphatic rings. The van der Waals surface area contributed by atoms with E-state index in [4.69, 9.17) is 21.4 Å². The molecule has 1 atom stereocenters. The molecule has 0 aliphatic carbocycles. The number of para-hydroxylation sites is 1. The minimum absolute atomic E-state index is 0.272. The molecule has 6 heteroatoms. The van der Waals surface area contributed by atoms with Gasteiger partial charge in [0.1, 0.15) is 5.75 Å². The Morgan fingerprint density at radius 1 is 1.38 bits per heavy atom. The maximum Gasteiger partial charge on any atom is 0.309 e. The standard InChI is InChI=1S/C15H20ClNO4/c1-10(21-12-7-5-4-6-11(12)16)13(18)17-9-8-15(2,3)14(19)20/h4-7,10H,8-9H2,1-3H3,(H,17,18)(H,19,20). The summed E-state index contributed by atoms with van der Waals surface area (Å²) in [6.45, 7) is 5.12. The third-order valence-electron chi connectivity index (χ3n) is 3.14. The highest BCUT2D eigenvalue weighted by Gasteiger charge is 2.27. The summed E-state index contributed by atoms with van der Waals surface area (Å²) >= 11 is 5.95. The Balaban J connectivity index is 2.46. The Bertz CT molecular complexity index is 516. The van der Waals surface area contributed by atoms with Crippen molar-refractivity contribution in [1.29, 1.82) is 0 Å². The molecule has 5 nitrogen and oxygen atoms in total. The summed E-state index contributed by atoms with van der Waals surface area (Å²) in [5, 5.41) is 12.1. The summed E-state index contributed by atoms with van der Waals surface area (Å²) in [6, 6.07) is 6.89. The summed E-state index contributed by atoms with van der Waals surface area (Å²) in [5.74, 6) is -0.763.